The van der Waals surface area contributed by atoms with Crippen LogP contribution in [0.4, 0.5) is 0 Å². The number of fused-ring (bicyclic) bond motifs is 1. The average molecular weight is 615 g/mol. The molecule has 5 rings (SSSR count). The Morgan fingerprint density at radius 1 is 1.02 bits per heavy atom. The van der Waals surface area contributed by atoms with Gasteiger partial charge in [0.05, 0.1) is 11.5 Å². The van der Waals surface area contributed by atoms with Gasteiger partial charge in [-0.1, -0.05) is 61.8 Å². The molecule has 2 aromatic carbocycles. The third-order valence-electron chi connectivity index (χ3n) is 9.15. The minimum atomic E-state index is -2.98. The van der Waals surface area contributed by atoms with Crippen LogP contribution in [0.2, 0.25) is 5.02 Å². The van der Waals surface area contributed by atoms with E-state index in [-0.39, 0.29) is 41.3 Å². The molecule has 2 amide bonds. The van der Waals surface area contributed by atoms with Gasteiger partial charge in [-0.2, -0.15) is 0 Å². The number of rotatable bonds is 9. The standard InChI is InChI=1S/C32H43ClN4O4S/c1-23(2)21-32(11-17-42(40,41)18-12-32)37-15-13-36(14-16-37)31(39)29(19-24-7-9-26(33)10-8-24)35-30(38)20-28-27-6-4-3-5-25(27)22-34-28/h3-10,23,28-29,34H,11-22H2,1-2H3,(H,35,38)/t28?,29-/m1/s1. The van der Waals surface area contributed by atoms with Crippen molar-refractivity contribution in [2.24, 2.45) is 5.92 Å². The molecule has 3 aliphatic heterocycles. The van der Waals surface area contributed by atoms with E-state index in [1.165, 1.54) is 5.56 Å². The third kappa shape index (κ3) is 7.36. The van der Waals surface area contributed by atoms with Crippen molar-refractivity contribution >= 4 is 33.3 Å². The topological polar surface area (TPSA) is 98.8 Å². The minimum Gasteiger partial charge on any atom is -0.344 e. The van der Waals surface area contributed by atoms with Crippen LogP contribution >= 0.6 is 11.6 Å². The normalized spacial score (nSPS) is 22.5. The van der Waals surface area contributed by atoms with Crippen LogP contribution in [-0.4, -0.2) is 79.3 Å². The highest BCUT2D eigenvalue weighted by Crippen LogP contribution is 2.36. The van der Waals surface area contributed by atoms with Crippen molar-refractivity contribution in [1.82, 2.24) is 20.4 Å². The van der Waals surface area contributed by atoms with Crippen LogP contribution < -0.4 is 10.6 Å². The highest BCUT2D eigenvalue weighted by atomic mass is 35.5. The van der Waals surface area contributed by atoms with Crippen molar-refractivity contribution < 1.29 is 18.0 Å². The highest BCUT2D eigenvalue weighted by molar-refractivity contribution is 7.91. The first-order valence-electron chi connectivity index (χ1n) is 15.1. The van der Waals surface area contributed by atoms with E-state index in [1.54, 1.807) is 12.1 Å². The van der Waals surface area contributed by atoms with E-state index in [1.807, 2.05) is 29.2 Å². The molecule has 228 valence electrons. The molecule has 2 N–H and O–H groups in total. The molecule has 10 heteroatoms. The van der Waals surface area contributed by atoms with Gasteiger partial charge in [-0.05, 0) is 54.0 Å². The zero-order chi connectivity index (χ0) is 29.9. The summed E-state index contributed by atoms with van der Waals surface area (Å²) >= 11 is 6.10. The Morgan fingerprint density at radius 3 is 2.36 bits per heavy atom. The maximum Gasteiger partial charge on any atom is 0.245 e. The molecule has 1 unspecified atom stereocenters. The number of amides is 2. The lowest BCUT2D eigenvalue weighted by Crippen LogP contribution is -2.62. The van der Waals surface area contributed by atoms with Gasteiger partial charge in [-0.25, -0.2) is 8.42 Å². The summed E-state index contributed by atoms with van der Waals surface area (Å²) in [4.78, 5) is 31.5. The van der Waals surface area contributed by atoms with E-state index in [0.29, 0.717) is 56.4 Å². The number of carbonyl (C=O) groups excluding carboxylic acids is 2. The van der Waals surface area contributed by atoms with Crippen LogP contribution in [0.1, 0.15) is 62.3 Å². The molecule has 3 aliphatic rings. The van der Waals surface area contributed by atoms with Crippen molar-refractivity contribution in [1.29, 1.82) is 0 Å². The van der Waals surface area contributed by atoms with Crippen molar-refractivity contribution in [3.8, 4) is 0 Å². The Labute approximate surface area is 255 Å². The fraction of sp³-hybridized carbons (Fsp3) is 0.562. The summed E-state index contributed by atoms with van der Waals surface area (Å²) in [6.45, 7) is 7.61. The Kier molecular flexibility index (Phi) is 9.62. The first kappa shape index (κ1) is 31.0. The largest absolute Gasteiger partial charge is 0.344 e. The molecule has 2 fully saturated rings. The van der Waals surface area contributed by atoms with Gasteiger partial charge >= 0.3 is 0 Å². The van der Waals surface area contributed by atoms with E-state index >= 15 is 0 Å². The monoisotopic (exact) mass is 614 g/mol. The summed E-state index contributed by atoms with van der Waals surface area (Å²) in [5, 5.41) is 7.11. The fourth-order valence-corrected chi connectivity index (χ4v) is 8.72. The van der Waals surface area contributed by atoms with Crippen LogP contribution in [0.3, 0.4) is 0 Å². The lowest BCUT2D eigenvalue weighted by Gasteiger charge is -2.50. The molecule has 0 aromatic heterocycles. The third-order valence-corrected chi connectivity index (χ3v) is 11.1. The van der Waals surface area contributed by atoms with Gasteiger partial charge in [0.1, 0.15) is 15.9 Å². The number of halogens is 1. The van der Waals surface area contributed by atoms with Crippen molar-refractivity contribution in [2.45, 2.75) is 70.1 Å². The first-order valence-corrected chi connectivity index (χ1v) is 17.3. The van der Waals surface area contributed by atoms with Crippen LogP contribution in [-0.2, 0) is 32.4 Å². The molecule has 0 bridgehead atoms. The number of hydrogen-bond donors (Lipinski definition) is 2. The second-order valence-corrected chi connectivity index (χ2v) is 15.3. The van der Waals surface area contributed by atoms with Gasteiger partial charge in [0.25, 0.3) is 0 Å². The molecule has 2 saturated heterocycles. The summed E-state index contributed by atoms with van der Waals surface area (Å²) in [7, 11) is -2.98. The average Bonchev–Trinajstić information content (AvgIpc) is 3.37. The van der Waals surface area contributed by atoms with E-state index in [0.717, 1.165) is 24.1 Å². The zero-order valence-corrected chi connectivity index (χ0v) is 26.2. The number of carbonyl (C=O) groups is 2. The van der Waals surface area contributed by atoms with Gasteiger partial charge in [0.2, 0.25) is 11.8 Å². The molecule has 0 radical (unpaired) electrons. The summed E-state index contributed by atoms with van der Waals surface area (Å²) in [6.07, 6.45) is 2.88. The Hall–Kier alpha value is -2.46. The van der Waals surface area contributed by atoms with Crippen LogP contribution in [0, 0.1) is 5.92 Å². The maximum atomic E-state index is 13.9. The van der Waals surface area contributed by atoms with Gasteiger partial charge < -0.3 is 15.5 Å². The van der Waals surface area contributed by atoms with Gasteiger partial charge in [-0.3, -0.25) is 14.5 Å². The lowest BCUT2D eigenvalue weighted by molar-refractivity contribution is -0.139. The molecular formula is C32H43ClN4O4S. The molecule has 0 aliphatic carbocycles. The number of benzene rings is 2. The molecule has 8 nitrogen and oxygen atoms in total. The Balaban J connectivity index is 1.26. The van der Waals surface area contributed by atoms with Crippen LogP contribution in [0.5, 0.6) is 0 Å². The summed E-state index contributed by atoms with van der Waals surface area (Å²) < 4.78 is 24.5. The zero-order valence-electron chi connectivity index (χ0n) is 24.6. The van der Waals surface area contributed by atoms with E-state index in [2.05, 4.69) is 41.5 Å². The molecule has 2 atom stereocenters. The predicted molar refractivity (Wildman–Crippen MR) is 166 cm³/mol. The Bertz CT molecular complexity index is 1360. The van der Waals surface area contributed by atoms with E-state index < -0.39 is 15.9 Å². The maximum absolute atomic E-state index is 13.9. The summed E-state index contributed by atoms with van der Waals surface area (Å²) in [5.74, 6) is 0.671. The van der Waals surface area contributed by atoms with Crippen molar-refractivity contribution in [3.05, 3.63) is 70.2 Å². The SMILES string of the molecule is CC(C)CC1(N2CCN(C(=O)[C@@H](Cc3ccc(Cl)cc3)NC(=O)CC3NCc4ccccc43)CC2)CCS(=O)(=O)CC1. The second kappa shape index (κ2) is 13.0. The fourth-order valence-electron chi connectivity index (χ4n) is 7.00. The molecule has 0 spiro atoms. The van der Waals surface area contributed by atoms with Gasteiger partial charge in [0, 0.05) is 62.2 Å². The molecule has 0 saturated carbocycles. The molecule has 2 aromatic rings. The molecular weight excluding hydrogens is 572 g/mol. The lowest BCUT2D eigenvalue weighted by atomic mass is 9.81. The number of hydrogen-bond acceptors (Lipinski definition) is 6. The second-order valence-electron chi connectivity index (χ2n) is 12.6. The quantitative estimate of drug-likeness (QED) is 0.447. The number of nitrogens with one attached hydrogen (secondary N) is 2. The number of nitrogens with zero attached hydrogens (tertiary/aromatic N) is 2. The minimum absolute atomic E-state index is 0.0764. The van der Waals surface area contributed by atoms with Crippen LogP contribution in [0.15, 0.2) is 48.5 Å². The van der Waals surface area contributed by atoms with E-state index in [4.69, 9.17) is 11.6 Å². The van der Waals surface area contributed by atoms with Crippen molar-refractivity contribution in [3.63, 3.8) is 0 Å². The predicted octanol–water partition coefficient (Wildman–Crippen LogP) is 3.74. The first-order chi connectivity index (χ1) is 20.0. The molecule has 3 heterocycles. The number of sulfone groups is 1. The van der Waals surface area contributed by atoms with Gasteiger partial charge in [0.15, 0.2) is 0 Å². The van der Waals surface area contributed by atoms with Gasteiger partial charge in [-0.15, -0.1) is 0 Å². The Morgan fingerprint density at radius 2 is 1.69 bits per heavy atom. The van der Waals surface area contributed by atoms with E-state index in [9.17, 15) is 18.0 Å². The molecule has 42 heavy (non-hydrogen) atoms. The smallest absolute Gasteiger partial charge is 0.245 e. The summed E-state index contributed by atoms with van der Waals surface area (Å²) in [6, 6.07) is 14.8. The summed E-state index contributed by atoms with van der Waals surface area (Å²) in [5.41, 5.74) is 3.12. The van der Waals surface area contributed by atoms with Crippen molar-refractivity contribution in [2.75, 3.05) is 37.7 Å². The number of piperazine rings is 1. The van der Waals surface area contributed by atoms with Crippen LogP contribution in [0.25, 0.3) is 0 Å². The highest BCUT2D eigenvalue weighted by Gasteiger charge is 2.44.